The van der Waals surface area contributed by atoms with Crippen molar-refractivity contribution in [2.75, 3.05) is 7.11 Å². The number of rotatable bonds is 3. The molecular weight excluding hydrogens is 326 g/mol. The molecule has 0 spiro atoms. The van der Waals surface area contributed by atoms with E-state index in [-0.39, 0.29) is 5.56 Å². The van der Waals surface area contributed by atoms with E-state index in [0.717, 1.165) is 5.39 Å². The number of carboxylic acid groups (broad SMARTS) is 1. The largest absolute Gasteiger partial charge is 0.496 e. The maximum absolute atomic E-state index is 11.3. The van der Waals surface area contributed by atoms with Gasteiger partial charge in [-0.15, -0.1) is 0 Å². The molecule has 0 saturated heterocycles. The van der Waals surface area contributed by atoms with E-state index < -0.39 is 5.97 Å². The number of carboxylic acids is 1. The predicted molar refractivity (Wildman–Crippen MR) is 92.6 cm³/mol. The summed E-state index contributed by atoms with van der Waals surface area (Å²) in [5.74, 6) is -0.501. The number of carbonyl (C=O) groups is 1. The molecule has 0 radical (unpaired) electrons. The van der Waals surface area contributed by atoms with E-state index in [2.05, 4.69) is 6.07 Å². The number of benzene rings is 3. The van der Waals surface area contributed by atoms with Gasteiger partial charge in [0.1, 0.15) is 5.75 Å². The molecule has 0 amide bonds. The van der Waals surface area contributed by atoms with E-state index >= 15 is 0 Å². The molecule has 0 fully saturated rings. The van der Waals surface area contributed by atoms with Crippen LogP contribution in [0.25, 0.3) is 21.9 Å². The summed E-state index contributed by atoms with van der Waals surface area (Å²) in [4.78, 5) is 11.3. The van der Waals surface area contributed by atoms with Crippen LogP contribution in [0.2, 0.25) is 5.02 Å². The second-order valence-corrected chi connectivity index (χ2v) is 5.60. The van der Waals surface area contributed by atoms with Crippen LogP contribution in [-0.2, 0) is 0 Å². The molecule has 0 aliphatic carbocycles. The fourth-order valence-electron chi connectivity index (χ4n) is 2.67. The van der Waals surface area contributed by atoms with Crippen molar-refractivity contribution in [1.29, 1.82) is 5.26 Å². The number of nitrogens with zero attached hydrogens (tertiary/aromatic N) is 1. The minimum absolute atomic E-state index is 0.179. The van der Waals surface area contributed by atoms with Gasteiger partial charge in [0.25, 0.3) is 0 Å². The summed E-state index contributed by atoms with van der Waals surface area (Å²) in [5, 5.41) is 20.4. The predicted octanol–water partition coefficient (Wildman–Crippen LogP) is 4.74. The SMILES string of the molecule is COc1cc(C#N)ccc1-c1c(Cl)ccc2ccc(C(=O)O)cc12. The average Bonchev–Trinajstić information content (AvgIpc) is 2.60. The van der Waals surface area contributed by atoms with Crippen LogP contribution in [-0.4, -0.2) is 18.2 Å². The molecule has 5 heteroatoms. The van der Waals surface area contributed by atoms with E-state index in [1.807, 2.05) is 6.07 Å². The molecule has 0 atom stereocenters. The highest BCUT2D eigenvalue weighted by Gasteiger charge is 2.15. The van der Waals surface area contributed by atoms with Gasteiger partial charge in [0, 0.05) is 16.1 Å². The van der Waals surface area contributed by atoms with E-state index in [4.69, 9.17) is 21.6 Å². The van der Waals surface area contributed by atoms with E-state index in [1.165, 1.54) is 7.11 Å². The highest BCUT2D eigenvalue weighted by Crippen LogP contribution is 2.40. The molecule has 4 nitrogen and oxygen atoms in total. The molecule has 0 saturated carbocycles. The van der Waals surface area contributed by atoms with Gasteiger partial charge in [-0.25, -0.2) is 4.79 Å². The second kappa shape index (κ2) is 6.23. The summed E-state index contributed by atoms with van der Waals surface area (Å²) in [6.07, 6.45) is 0. The number of aromatic carboxylic acids is 1. The summed E-state index contributed by atoms with van der Waals surface area (Å²) in [5.41, 5.74) is 2.03. The number of methoxy groups -OCH3 is 1. The van der Waals surface area contributed by atoms with E-state index in [9.17, 15) is 9.90 Å². The number of ether oxygens (including phenoxy) is 1. The zero-order valence-corrected chi connectivity index (χ0v) is 13.5. The van der Waals surface area contributed by atoms with Crippen LogP contribution in [0, 0.1) is 11.3 Å². The normalized spacial score (nSPS) is 10.4. The Balaban J connectivity index is 2.37. The molecule has 0 bridgehead atoms. The first kappa shape index (κ1) is 15.9. The standard InChI is InChI=1S/C19H12ClNO3/c1-24-17-8-11(10-21)2-6-14(17)18-15-9-13(19(22)23)4-3-12(15)5-7-16(18)20/h2-9H,1H3,(H,22,23). The van der Waals surface area contributed by atoms with Crippen LogP contribution in [0.5, 0.6) is 5.75 Å². The number of hydrogen-bond acceptors (Lipinski definition) is 3. The van der Waals surface area contributed by atoms with E-state index in [0.29, 0.717) is 32.8 Å². The highest BCUT2D eigenvalue weighted by molar-refractivity contribution is 6.35. The maximum Gasteiger partial charge on any atom is 0.335 e. The Morgan fingerprint density at radius 1 is 1.17 bits per heavy atom. The van der Waals surface area contributed by atoms with Crippen LogP contribution >= 0.6 is 11.6 Å². The first-order valence-electron chi connectivity index (χ1n) is 7.09. The van der Waals surface area contributed by atoms with Gasteiger partial charge in [-0.1, -0.05) is 23.7 Å². The lowest BCUT2D eigenvalue weighted by molar-refractivity contribution is 0.0697. The molecule has 0 heterocycles. The smallest absolute Gasteiger partial charge is 0.335 e. The van der Waals surface area contributed by atoms with Crippen molar-refractivity contribution in [3.05, 3.63) is 64.7 Å². The van der Waals surface area contributed by atoms with Crippen molar-refractivity contribution in [3.63, 3.8) is 0 Å². The summed E-state index contributed by atoms with van der Waals surface area (Å²) in [6.45, 7) is 0. The Bertz CT molecular complexity index is 1010. The lowest BCUT2D eigenvalue weighted by Crippen LogP contribution is -1.96. The van der Waals surface area contributed by atoms with Crippen LogP contribution in [0.4, 0.5) is 0 Å². The number of fused-ring (bicyclic) bond motifs is 1. The summed E-state index contributed by atoms with van der Waals surface area (Å²) < 4.78 is 5.40. The Morgan fingerprint density at radius 3 is 2.58 bits per heavy atom. The molecule has 1 N–H and O–H groups in total. The lowest BCUT2D eigenvalue weighted by Gasteiger charge is -2.14. The molecular formula is C19H12ClNO3. The zero-order valence-electron chi connectivity index (χ0n) is 12.7. The monoisotopic (exact) mass is 337 g/mol. The molecule has 0 unspecified atom stereocenters. The molecule has 0 aromatic heterocycles. The van der Waals surface area contributed by atoms with Gasteiger partial charge in [0.2, 0.25) is 0 Å². The fourth-order valence-corrected chi connectivity index (χ4v) is 2.93. The molecule has 3 rings (SSSR count). The average molecular weight is 338 g/mol. The topological polar surface area (TPSA) is 70.3 Å². The second-order valence-electron chi connectivity index (χ2n) is 5.19. The Hall–Kier alpha value is -3.03. The van der Waals surface area contributed by atoms with Gasteiger partial charge in [-0.2, -0.15) is 5.26 Å². The molecule has 0 aliphatic heterocycles. The van der Waals surface area contributed by atoms with Crippen molar-refractivity contribution in [2.24, 2.45) is 0 Å². The third-order valence-electron chi connectivity index (χ3n) is 3.82. The Kier molecular flexibility index (Phi) is 4.11. The summed E-state index contributed by atoms with van der Waals surface area (Å²) in [7, 11) is 1.52. The third kappa shape index (κ3) is 2.66. The van der Waals surface area contributed by atoms with Crippen molar-refractivity contribution in [2.45, 2.75) is 0 Å². The third-order valence-corrected chi connectivity index (χ3v) is 4.13. The van der Waals surface area contributed by atoms with Crippen LogP contribution in [0.1, 0.15) is 15.9 Å². The lowest BCUT2D eigenvalue weighted by atomic mass is 9.95. The molecule has 118 valence electrons. The minimum atomic E-state index is -1.00. The van der Waals surface area contributed by atoms with E-state index in [1.54, 1.807) is 42.5 Å². The minimum Gasteiger partial charge on any atom is -0.496 e. The number of halogens is 1. The van der Waals surface area contributed by atoms with Crippen LogP contribution < -0.4 is 4.74 Å². The summed E-state index contributed by atoms with van der Waals surface area (Å²) in [6, 6.07) is 15.6. The van der Waals surface area contributed by atoms with Crippen LogP contribution in [0.3, 0.4) is 0 Å². The van der Waals surface area contributed by atoms with Crippen molar-refractivity contribution >= 4 is 28.3 Å². The Morgan fingerprint density at radius 2 is 1.92 bits per heavy atom. The van der Waals surface area contributed by atoms with Gasteiger partial charge in [0.15, 0.2) is 0 Å². The highest BCUT2D eigenvalue weighted by atomic mass is 35.5. The number of hydrogen-bond donors (Lipinski definition) is 1. The zero-order chi connectivity index (χ0) is 17.3. The van der Waals surface area contributed by atoms with Gasteiger partial charge in [0.05, 0.1) is 24.3 Å². The van der Waals surface area contributed by atoms with Crippen molar-refractivity contribution in [3.8, 4) is 22.9 Å². The molecule has 3 aromatic rings. The Labute approximate surface area is 143 Å². The molecule has 24 heavy (non-hydrogen) atoms. The molecule has 0 aliphatic rings. The number of nitriles is 1. The maximum atomic E-state index is 11.3. The first-order valence-corrected chi connectivity index (χ1v) is 7.47. The fraction of sp³-hybridized carbons (Fsp3) is 0.0526. The quantitative estimate of drug-likeness (QED) is 0.749. The molecule has 3 aromatic carbocycles. The van der Waals surface area contributed by atoms with Gasteiger partial charge >= 0.3 is 5.97 Å². The van der Waals surface area contributed by atoms with Crippen molar-refractivity contribution in [1.82, 2.24) is 0 Å². The van der Waals surface area contributed by atoms with Gasteiger partial charge in [-0.3, -0.25) is 0 Å². The van der Waals surface area contributed by atoms with Crippen LogP contribution in [0.15, 0.2) is 48.5 Å². The van der Waals surface area contributed by atoms with Gasteiger partial charge < -0.3 is 9.84 Å². The van der Waals surface area contributed by atoms with Gasteiger partial charge in [-0.05, 0) is 47.2 Å². The summed E-state index contributed by atoms with van der Waals surface area (Å²) >= 11 is 6.40. The first-order chi connectivity index (χ1) is 11.5. The van der Waals surface area contributed by atoms with Crippen molar-refractivity contribution < 1.29 is 14.6 Å².